The number of aryl methyl sites for hydroxylation is 1. The number of hydrogen-bond donors (Lipinski definition) is 0. The summed E-state index contributed by atoms with van der Waals surface area (Å²) in [5.41, 5.74) is 0.601. The maximum Gasteiger partial charge on any atom is 0.346 e. The molecule has 128 valence electrons. The molecular weight excluding hydrogens is 328 g/mol. The minimum Gasteiger partial charge on any atom is -0.276 e. The molecule has 8 heteroatoms. The maximum atomic E-state index is 12.9. The van der Waals surface area contributed by atoms with Crippen LogP contribution >= 0.6 is 0 Å². The summed E-state index contributed by atoms with van der Waals surface area (Å²) < 4.78 is 30.3. The van der Waals surface area contributed by atoms with Crippen LogP contribution in [0.15, 0.2) is 34.0 Å². The van der Waals surface area contributed by atoms with Crippen molar-refractivity contribution in [2.45, 2.75) is 44.3 Å². The molecule has 0 amide bonds. The first-order valence-electron chi connectivity index (χ1n) is 8.19. The van der Waals surface area contributed by atoms with Crippen molar-refractivity contribution in [3.63, 3.8) is 0 Å². The molecule has 2 aliphatic rings. The van der Waals surface area contributed by atoms with Gasteiger partial charge in [-0.05, 0) is 37.3 Å². The molecule has 0 atom stereocenters. The van der Waals surface area contributed by atoms with E-state index < -0.39 is 10.0 Å². The summed E-state index contributed by atoms with van der Waals surface area (Å²) >= 11 is 0. The Kier molecular flexibility index (Phi) is 3.61. The van der Waals surface area contributed by atoms with E-state index in [4.69, 9.17) is 0 Å². The van der Waals surface area contributed by atoms with Crippen LogP contribution in [0.4, 0.5) is 0 Å². The van der Waals surface area contributed by atoms with Gasteiger partial charge in [0.15, 0.2) is 0 Å². The Labute approximate surface area is 140 Å². The fourth-order valence-electron chi connectivity index (χ4n) is 3.13. The summed E-state index contributed by atoms with van der Waals surface area (Å²) in [6.07, 6.45) is 2.28. The predicted molar refractivity (Wildman–Crippen MR) is 88.0 cm³/mol. The first-order valence-corrected chi connectivity index (χ1v) is 9.63. The smallest absolute Gasteiger partial charge is 0.276 e. The first kappa shape index (κ1) is 15.6. The van der Waals surface area contributed by atoms with Crippen LogP contribution < -0.4 is 5.69 Å². The molecule has 1 aliphatic carbocycles. The van der Waals surface area contributed by atoms with E-state index in [0.717, 1.165) is 18.4 Å². The minimum absolute atomic E-state index is 0.121. The summed E-state index contributed by atoms with van der Waals surface area (Å²) in [6, 6.07) is 6.96. The summed E-state index contributed by atoms with van der Waals surface area (Å²) in [5.74, 6) is 1.08. The number of nitrogens with zero attached hydrogens (tertiary/aromatic N) is 4. The van der Waals surface area contributed by atoms with Gasteiger partial charge in [0.1, 0.15) is 5.82 Å². The van der Waals surface area contributed by atoms with Gasteiger partial charge in [0.2, 0.25) is 10.0 Å². The van der Waals surface area contributed by atoms with Crippen molar-refractivity contribution in [3.8, 4) is 0 Å². The van der Waals surface area contributed by atoms with Crippen LogP contribution in [0.25, 0.3) is 0 Å². The molecule has 7 nitrogen and oxygen atoms in total. The lowest BCUT2D eigenvalue weighted by atomic mass is 10.2. The number of aromatic nitrogens is 3. The normalized spacial score (nSPS) is 18.5. The third kappa shape index (κ3) is 2.59. The van der Waals surface area contributed by atoms with E-state index in [2.05, 4.69) is 5.10 Å². The van der Waals surface area contributed by atoms with Gasteiger partial charge in [-0.1, -0.05) is 18.2 Å². The van der Waals surface area contributed by atoms with E-state index in [1.54, 1.807) is 29.7 Å². The molecule has 0 bridgehead atoms. The van der Waals surface area contributed by atoms with Gasteiger partial charge in [-0.3, -0.25) is 4.57 Å². The van der Waals surface area contributed by atoms with Gasteiger partial charge in [0.25, 0.3) is 0 Å². The first-order chi connectivity index (χ1) is 11.5. The van der Waals surface area contributed by atoms with E-state index in [1.165, 1.54) is 8.99 Å². The van der Waals surface area contributed by atoms with E-state index >= 15 is 0 Å². The molecule has 0 N–H and O–H groups in total. The molecule has 1 fully saturated rings. The van der Waals surface area contributed by atoms with Gasteiger partial charge in [0.05, 0.1) is 11.4 Å². The van der Waals surface area contributed by atoms with Crippen LogP contribution in [0.1, 0.15) is 24.2 Å². The predicted octanol–water partition coefficient (Wildman–Crippen LogP) is 0.968. The van der Waals surface area contributed by atoms with Crippen LogP contribution in [-0.2, 0) is 29.7 Å². The molecule has 0 saturated heterocycles. The van der Waals surface area contributed by atoms with E-state index in [0.29, 0.717) is 36.3 Å². The number of benzene rings is 1. The highest BCUT2D eigenvalue weighted by Crippen LogP contribution is 2.30. The molecule has 4 rings (SSSR count). The highest BCUT2D eigenvalue weighted by Gasteiger charge is 2.32. The van der Waals surface area contributed by atoms with Crippen LogP contribution in [-0.4, -0.2) is 33.6 Å². The van der Waals surface area contributed by atoms with Gasteiger partial charge in [-0.25, -0.2) is 17.9 Å². The molecule has 1 aliphatic heterocycles. The van der Waals surface area contributed by atoms with Crippen molar-refractivity contribution in [1.29, 1.82) is 0 Å². The Morgan fingerprint density at radius 2 is 1.96 bits per heavy atom. The summed E-state index contributed by atoms with van der Waals surface area (Å²) in [6.45, 7) is 3.21. The number of hydrogen-bond acceptors (Lipinski definition) is 4. The molecule has 1 aromatic carbocycles. The minimum atomic E-state index is -3.58. The van der Waals surface area contributed by atoms with Crippen LogP contribution in [0, 0.1) is 12.8 Å². The van der Waals surface area contributed by atoms with Crippen molar-refractivity contribution in [2.75, 3.05) is 6.54 Å². The lowest BCUT2D eigenvalue weighted by molar-refractivity contribution is 0.332. The second kappa shape index (κ2) is 5.56. The summed E-state index contributed by atoms with van der Waals surface area (Å²) in [4.78, 5) is 12.7. The van der Waals surface area contributed by atoms with Crippen molar-refractivity contribution < 1.29 is 8.42 Å². The van der Waals surface area contributed by atoms with Crippen LogP contribution in [0.3, 0.4) is 0 Å². The monoisotopic (exact) mass is 348 g/mol. The van der Waals surface area contributed by atoms with Crippen molar-refractivity contribution in [3.05, 3.63) is 46.1 Å². The molecule has 24 heavy (non-hydrogen) atoms. The Hall–Kier alpha value is -1.93. The molecule has 0 spiro atoms. The Morgan fingerprint density at radius 3 is 2.67 bits per heavy atom. The average Bonchev–Trinajstić information content (AvgIpc) is 3.32. The largest absolute Gasteiger partial charge is 0.346 e. The van der Waals surface area contributed by atoms with Crippen molar-refractivity contribution in [2.24, 2.45) is 5.92 Å². The number of fused-ring (bicyclic) bond motifs is 1. The molecule has 2 aromatic rings. The molecule has 0 unspecified atom stereocenters. The van der Waals surface area contributed by atoms with Crippen LogP contribution in [0.5, 0.6) is 0 Å². The summed E-state index contributed by atoms with van der Waals surface area (Å²) in [5, 5.41) is 4.37. The van der Waals surface area contributed by atoms with Gasteiger partial charge < -0.3 is 0 Å². The molecule has 1 aromatic heterocycles. The standard InChI is InChI=1S/C16H20N4O3S/c1-12-4-2-3-5-14(12)24(22,23)18-8-9-19-15(11-18)17-20(16(19)21)10-13-6-7-13/h2-5,13H,6-11H2,1H3. The SMILES string of the molecule is Cc1ccccc1S(=O)(=O)N1CCn2c(nn(CC3CC3)c2=O)C1. The van der Waals surface area contributed by atoms with Gasteiger partial charge >= 0.3 is 5.69 Å². The third-order valence-corrected chi connectivity index (χ3v) is 6.74. The van der Waals surface area contributed by atoms with Gasteiger partial charge in [-0.15, -0.1) is 0 Å². The zero-order chi connectivity index (χ0) is 16.9. The topological polar surface area (TPSA) is 77.2 Å². The van der Waals surface area contributed by atoms with E-state index in [1.807, 2.05) is 6.07 Å². The maximum absolute atomic E-state index is 12.9. The number of rotatable bonds is 4. The average molecular weight is 348 g/mol. The van der Waals surface area contributed by atoms with Crippen LogP contribution in [0.2, 0.25) is 0 Å². The number of sulfonamides is 1. The zero-order valence-electron chi connectivity index (χ0n) is 13.6. The highest BCUT2D eigenvalue weighted by atomic mass is 32.2. The zero-order valence-corrected chi connectivity index (χ0v) is 14.4. The summed E-state index contributed by atoms with van der Waals surface area (Å²) in [7, 11) is -3.58. The van der Waals surface area contributed by atoms with Crippen molar-refractivity contribution in [1.82, 2.24) is 18.7 Å². The third-order valence-electron chi connectivity index (χ3n) is 4.73. The van der Waals surface area contributed by atoms with E-state index in [-0.39, 0.29) is 12.2 Å². The fraction of sp³-hybridized carbons (Fsp3) is 0.500. The fourth-order valence-corrected chi connectivity index (χ4v) is 4.74. The lowest BCUT2D eigenvalue weighted by Gasteiger charge is -2.26. The molecule has 1 saturated carbocycles. The quantitative estimate of drug-likeness (QED) is 0.825. The lowest BCUT2D eigenvalue weighted by Crippen LogP contribution is -2.41. The van der Waals surface area contributed by atoms with E-state index in [9.17, 15) is 13.2 Å². The van der Waals surface area contributed by atoms with Gasteiger partial charge in [0, 0.05) is 19.6 Å². The molecular formula is C16H20N4O3S. The molecule has 2 heterocycles. The van der Waals surface area contributed by atoms with Gasteiger partial charge in [-0.2, -0.15) is 9.40 Å². The Balaban J connectivity index is 1.64. The molecule has 0 radical (unpaired) electrons. The van der Waals surface area contributed by atoms with Crippen molar-refractivity contribution >= 4 is 10.0 Å². The second-order valence-corrected chi connectivity index (χ2v) is 8.49. The Morgan fingerprint density at radius 1 is 1.21 bits per heavy atom. The second-order valence-electron chi connectivity index (χ2n) is 6.58. The highest BCUT2D eigenvalue weighted by molar-refractivity contribution is 7.89. The Bertz CT molecular complexity index is 940.